The minimum absolute atomic E-state index is 0. The normalized spacial score (nSPS) is 12.4. The molecule has 0 radical (unpaired) electrons. The van der Waals surface area contributed by atoms with Gasteiger partial charge in [0.15, 0.2) is 12.0 Å². The number of carbonyl (C=O) groups excluding carboxylic acids is 11. The first-order chi connectivity index (χ1) is 62.3. The van der Waals surface area contributed by atoms with Gasteiger partial charge < -0.3 is 80.4 Å². The van der Waals surface area contributed by atoms with E-state index in [4.69, 9.17) is 81.9 Å². The van der Waals surface area contributed by atoms with Crippen LogP contribution in [0.1, 0.15) is 239 Å². The fraction of sp³-hybridized carbons (Fsp3) is 0.582. The summed E-state index contributed by atoms with van der Waals surface area (Å²) in [6.45, 7) is 33.3. The molecular weight excluding hydrogens is 1800 g/mol. The molecule has 4 aromatic heterocycles. The average molecular weight is 1950 g/mol. The second-order valence-electron chi connectivity index (χ2n) is 33.3. The maximum atomic E-state index is 11.5. The first-order valence-electron chi connectivity index (χ1n) is 43.3. The molecule has 2 aliphatic rings. The summed E-state index contributed by atoms with van der Waals surface area (Å²) in [5.74, 6) is -0.497. The zero-order valence-electron chi connectivity index (χ0n) is 81.7. The van der Waals surface area contributed by atoms with E-state index in [1.54, 1.807) is 10.9 Å². The number of methoxy groups -OCH3 is 1. The number of aliphatic hydroxyl groups is 2. The molecular formula is C91H141ClLi2N13O26S2-. The largest absolute Gasteiger partial charge is 1.00 e. The number of nitrogens with two attached hydrogens (primary N) is 1. The summed E-state index contributed by atoms with van der Waals surface area (Å²) in [6.07, 6.45) is 32.5. The predicted octanol–water partition coefficient (Wildman–Crippen LogP) is 8.69. The van der Waals surface area contributed by atoms with Crippen LogP contribution in [0.25, 0.3) is 33.4 Å². The van der Waals surface area contributed by atoms with E-state index in [1.165, 1.54) is 29.4 Å². The molecule has 0 spiro atoms. The number of hydrogen-bond acceptors (Lipinski definition) is 31. The Morgan fingerprint density at radius 2 is 0.970 bits per heavy atom. The monoisotopic (exact) mass is 1940 g/mol. The van der Waals surface area contributed by atoms with Gasteiger partial charge in [-0.3, -0.25) is 27.5 Å². The number of benzene rings is 3. The maximum absolute atomic E-state index is 11.5. The molecule has 10 N–H and O–H groups in total. The number of carbonyl (C=O) groups is 5. The number of rotatable bonds is 33. The number of amides is 4. The number of anilines is 1. The molecule has 7 aromatic rings. The van der Waals surface area contributed by atoms with Crippen molar-refractivity contribution in [1.82, 2.24) is 60.8 Å². The van der Waals surface area contributed by atoms with Crippen LogP contribution in [0.15, 0.2) is 116 Å². The second kappa shape index (κ2) is 79.4. The van der Waals surface area contributed by atoms with Crippen LogP contribution in [0, 0.1) is 19.9 Å². The molecule has 2 fully saturated rings. The van der Waals surface area contributed by atoms with E-state index in [1.807, 2.05) is 135 Å². The van der Waals surface area contributed by atoms with Crippen molar-refractivity contribution in [2.24, 2.45) is 0 Å². The van der Waals surface area contributed by atoms with E-state index in [2.05, 4.69) is 153 Å². The molecule has 2 unspecified atom stereocenters. The number of ether oxygens (including phenoxy) is 7. The topological polar surface area (TPSA) is 563 Å². The van der Waals surface area contributed by atoms with Gasteiger partial charge in [0, 0.05) is 125 Å². The standard InChI is InChI=1S/C21H31N3O2.C20H28N3O2.C12H25NO5S.C11H23NO3.C10H15N3O3.C10H10N2.C4H8O2.3CO2.ClHO2S.2Li.H2O/c1-17-10-9-11-18(14-17)19-15-23-24(16-19)13-8-6-5-7-12-22-20(25)26-21(2,3)4;1-20(2,3)25-19(24)21-13-9-4-5-10-14-23-16-18(15-22-23)17-11-7-6-8-12-17;1-12(2,3)18-11(14)13-9-7-5-6-8-10-17-19(4,15)16;1-11(2,3)15-10(14)12-8-6-4-5-7-9-13;1-15-10(14)9-8(11)6-13(12-9)7-2-4-16-5-3-7;1-8-3-2-4-9(5-8)10-6-11-12-7-10;5-4-2-1-3-6-4;3*2-1-3;1-4(2)3;;;/h9-11,14-16H,5-8,12-13H2,1-4H3,(H,22,25);6-7,11-12,15-16H,4-5,9-10,13-14H2,1-3H3,(H,21,24);5-10H2,1-4H3,(H,13,14);13H,4-9H2,1-3H3,(H,12,14);6-7H,2-5,11H2,1H3;2-7H,1H3,(H,11,12);4-5H,1-3H2;;;;(H,2,3);;;1H2/q;-1;;;;;;;;;;2*+1;/p-2. The van der Waals surface area contributed by atoms with Crippen LogP contribution in [0.3, 0.4) is 0 Å². The number of alkyl carbamates (subject to hydrolysis) is 4. The molecule has 0 saturated carbocycles. The molecule has 9 rings (SSSR count). The zero-order valence-corrected chi connectivity index (χ0v) is 84.1. The smallest absolute Gasteiger partial charge is 0.870 e. The SMILES string of the molecule is CC(C)(C)OC(=O)NCCCCCCO.CC(C)(C)OC(=O)NCCCCCCOS(C)(=O)=O.CC(C)(C)OC(=O)NCCCCCCn1cc(-c2c[c-]ccc2)cn1.COC(=O)c1nn(C2CCOCC2)cc1N.Cc1cccc(-c2cn[nH]c2)c1.Cc1cccc(-c2cnn(CCCCCCNC(=O)OC(C)(C)C)c2)c1.O=C=O.O=C=O.O=C=O.O=S([O-])Cl.OC1CCCO1.[Li+].[Li+].[OH-]. The molecule has 748 valence electrons. The Morgan fingerprint density at radius 3 is 1.30 bits per heavy atom. The number of aromatic amines is 1. The van der Waals surface area contributed by atoms with Crippen LogP contribution in [0.2, 0.25) is 0 Å². The summed E-state index contributed by atoms with van der Waals surface area (Å²) < 4.78 is 84.4. The van der Waals surface area contributed by atoms with E-state index < -0.39 is 61.2 Å². The van der Waals surface area contributed by atoms with Gasteiger partial charge in [0.25, 0.3) is 10.1 Å². The number of nitrogens with zero attached hydrogens (tertiary/aromatic N) is 7. The number of H-pyrrole nitrogens is 1. The van der Waals surface area contributed by atoms with Gasteiger partial charge in [-0.1, -0.05) is 111 Å². The van der Waals surface area contributed by atoms with E-state index in [-0.39, 0.29) is 105 Å². The molecule has 2 saturated heterocycles. The molecule has 135 heavy (non-hydrogen) atoms. The molecule has 39 nitrogen and oxygen atoms in total. The van der Waals surface area contributed by atoms with Gasteiger partial charge >= 0.3 is 86.5 Å². The van der Waals surface area contributed by atoms with Crippen molar-refractivity contribution in [2.45, 2.75) is 273 Å². The van der Waals surface area contributed by atoms with Gasteiger partial charge in [-0.2, -0.15) is 87.9 Å². The first-order valence-corrected chi connectivity index (χ1v) is 47.0. The van der Waals surface area contributed by atoms with Gasteiger partial charge in [0.2, 0.25) is 0 Å². The Kier molecular flexibility index (Phi) is 78.6. The molecule has 3 aromatic carbocycles. The van der Waals surface area contributed by atoms with Gasteiger partial charge in [-0.05, 0) is 195 Å². The number of aliphatic hydroxyl groups excluding tert-OH is 2. The number of halogens is 1. The van der Waals surface area contributed by atoms with Crippen molar-refractivity contribution < 1.29 is 161 Å². The summed E-state index contributed by atoms with van der Waals surface area (Å²) in [5.41, 5.74) is 14.0. The second-order valence-corrected chi connectivity index (χ2v) is 36.1. The van der Waals surface area contributed by atoms with Crippen molar-refractivity contribution in [3.63, 3.8) is 0 Å². The maximum Gasteiger partial charge on any atom is 1.00 e. The van der Waals surface area contributed by atoms with Gasteiger partial charge in [-0.15, -0.1) is 5.56 Å². The number of aryl methyl sites for hydroxylation is 4. The van der Waals surface area contributed by atoms with Crippen molar-refractivity contribution in [2.75, 3.05) is 78.3 Å². The van der Waals surface area contributed by atoms with E-state index in [9.17, 15) is 32.4 Å². The molecule has 4 amide bonds. The summed E-state index contributed by atoms with van der Waals surface area (Å²) >= 11 is 0. The molecule has 2 aliphatic heterocycles. The van der Waals surface area contributed by atoms with Crippen molar-refractivity contribution in [3.05, 3.63) is 139 Å². The van der Waals surface area contributed by atoms with Crippen LogP contribution in [-0.4, -0.2) is 222 Å². The summed E-state index contributed by atoms with van der Waals surface area (Å²) in [6, 6.07) is 28.1. The molecule has 0 bridgehead atoms. The fourth-order valence-electron chi connectivity index (χ4n) is 11.2. The van der Waals surface area contributed by atoms with Gasteiger partial charge in [0.05, 0.1) is 44.1 Å². The van der Waals surface area contributed by atoms with Crippen LogP contribution in [0.4, 0.5) is 24.9 Å². The van der Waals surface area contributed by atoms with E-state index in [0.29, 0.717) is 38.3 Å². The minimum Gasteiger partial charge on any atom is -0.870 e. The van der Waals surface area contributed by atoms with Crippen molar-refractivity contribution in [3.8, 4) is 33.4 Å². The Hall–Kier alpha value is -9.71. The number of esters is 1. The Bertz CT molecular complexity index is 4460. The Balaban J connectivity index is -0.000000485. The minimum atomic E-state index is -3.32. The third-order valence-electron chi connectivity index (χ3n) is 16.9. The van der Waals surface area contributed by atoms with E-state index in [0.717, 1.165) is 183 Å². The van der Waals surface area contributed by atoms with E-state index >= 15 is 0 Å². The van der Waals surface area contributed by atoms with Crippen molar-refractivity contribution in [1.29, 1.82) is 0 Å². The van der Waals surface area contributed by atoms with Gasteiger partial charge in [-0.25, -0.2) is 24.0 Å². The number of aromatic nitrogens is 8. The molecule has 0 aliphatic carbocycles. The number of nitrogen functional groups attached to an aromatic ring is 1. The average Bonchev–Trinajstić information content (AvgIpc) is 1.69. The number of nitrogens with one attached hydrogen (secondary N) is 5. The van der Waals surface area contributed by atoms with Crippen LogP contribution >= 0.6 is 10.7 Å². The summed E-state index contributed by atoms with van der Waals surface area (Å²) in [4.78, 5) is 106. The fourth-order valence-corrected chi connectivity index (χ4v) is 11.6. The molecule has 2 atom stereocenters. The van der Waals surface area contributed by atoms with Crippen LogP contribution in [-0.2, 0) is 99.6 Å². The van der Waals surface area contributed by atoms with Crippen LogP contribution < -0.4 is 64.7 Å². The van der Waals surface area contributed by atoms with Crippen LogP contribution in [0.5, 0.6) is 0 Å². The molecule has 6 heterocycles. The third-order valence-corrected chi connectivity index (χ3v) is 17.5. The zero-order chi connectivity index (χ0) is 99.8. The number of unbranched alkanes of at least 4 members (excludes halogenated alkanes) is 12. The Labute approximate surface area is 825 Å². The van der Waals surface area contributed by atoms with Crippen molar-refractivity contribution >= 4 is 85.6 Å². The number of hydrogen-bond donors (Lipinski definition) is 8. The first kappa shape index (κ1) is 134. The summed E-state index contributed by atoms with van der Waals surface area (Å²) in [5, 5.41) is 47.7. The Morgan fingerprint density at radius 1 is 0.585 bits per heavy atom. The third kappa shape index (κ3) is 80.1. The predicted molar refractivity (Wildman–Crippen MR) is 496 cm³/mol. The van der Waals surface area contributed by atoms with Gasteiger partial charge in [0.1, 0.15) is 22.4 Å². The quantitative estimate of drug-likeness (QED) is 0.00278. The molecule has 44 heteroatoms. The summed E-state index contributed by atoms with van der Waals surface area (Å²) in [7, 11) is -0.207.